The first-order valence-corrected chi connectivity index (χ1v) is 35.8. The van der Waals surface area contributed by atoms with Crippen molar-refractivity contribution in [3.63, 3.8) is 0 Å². The number of hydrogen-bond acceptors (Lipinski definition) is 8. The summed E-state index contributed by atoms with van der Waals surface area (Å²) in [4.78, 5) is 13.0. The lowest BCUT2D eigenvalue weighted by Crippen LogP contribution is -2.58. The topological polar surface area (TPSA) is 74.4 Å². The minimum atomic E-state index is -4.21. The van der Waals surface area contributed by atoms with Crippen molar-refractivity contribution in [3.8, 4) is 5.75 Å². The number of thioether (sulfide) groups is 2. The highest BCUT2D eigenvalue weighted by molar-refractivity contribution is 8.00. The summed E-state index contributed by atoms with van der Waals surface area (Å²) in [5, 5.41) is 15.6. The molecule has 0 aliphatic heterocycles. The fraction of sp³-hybridized carbons (Fsp3) is 0.662. The summed E-state index contributed by atoms with van der Waals surface area (Å²) in [5.74, 6) is 13.0. The van der Waals surface area contributed by atoms with E-state index in [1.165, 1.54) is 176 Å². The summed E-state index contributed by atoms with van der Waals surface area (Å²) in [7, 11) is 0. The van der Waals surface area contributed by atoms with Gasteiger partial charge in [0.05, 0.1) is 6.61 Å². The van der Waals surface area contributed by atoms with E-state index in [9.17, 15) is 18.0 Å². The van der Waals surface area contributed by atoms with Crippen LogP contribution in [0.25, 0.3) is 0 Å². The summed E-state index contributed by atoms with van der Waals surface area (Å²) in [6.45, 7) is 8.18. The van der Waals surface area contributed by atoms with Crippen molar-refractivity contribution in [3.05, 3.63) is 125 Å². The van der Waals surface area contributed by atoms with E-state index in [1.807, 2.05) is 43.0 Å². The molecule has 4 N–H and O–H groups in total. The predicted octanol–water partition coefficient (Wildman–Crippen LogP) is 17.9. The van der Waals surface area contributed by atoms with Crippen molar-refractivity contribution in [1.29, 1.82) is 0 Å². The van der Waals surface area contributed by atoms with Crippen molar-refractivity contribution >= 4 is 29.3 Å². The van der Waals surface area contributed by atoms with Crippen molar-refractivity contribution in [2.24, 2.45) is 71.0 Å². The van der Waals surface area contributed by atoms with Gasteiger partial charge in [-0.2, -0.15) is 13.2 Å². The van der Waals surface area contributed by atoms with Gasteiger partial charge in [-0.25, -0.2) is 0 Å². The fourth-order valence-electron chi connectivity index (χ4n) is 21.7. The lowest BCUT2D eigenvalue weighted by Gasteiger charge is -2.57. The Morgan fingerprint density at radius 3 is 0.906 bits per heavy atom. The largest absolute Gasteiger partial charge is 0.494 e. The Morgan fingerprint density at radius 1 is 0.424 bits per heavy atom. The molecule has 16 aliphatic rings. The lowest BCUT2D eigenvalue weighted by molar-refractivity contribution is -0.0328. The second-order valence-corrected chi connectivity index (χ2v) is 32.6. The summed E-state index contributed by atoms with van der Waals surface area (Å²) in [5.41, 5.74) is 3.49. The molecular formula is C74H99F3N4O2S2. The predicted molar refractivity (Wildman–Crippen MR) is 342 cm³/mol. The second-order valence-electron chi connectivity index (χ2n) is 30.6. The molecule has 0 spiro atoms. The zero-order valence-electron chi connectivity index (χ0n) is 51.4. The monoisotopic (exact) mass is 1200 g/mol. The normalized spacial score (nSPS) is 36.9. The molecule has 16 fully saturated rings. The number of hydrogen-bond donors (Lipinski definition) is 4. The number of rotatable bonds is 17. The number of ketones is 1. The number of benzene rings is 4. The van der Waals surface area contributed by atoms with Gasteiger partial charge in [-0.05, 0) is 316 Å². The minimum absolute atomic E-state index is 0.0455. The molecule has 0 unspecified atom stereocenters. The maximum Gasteiger partial charge on any atom is 0.446 e. The Balaban J connectivity index is 0.000000106. The van der Waals surface area contributed by atoms with Gasteiger partial charge < -0.3 is 26.0 Å². The van der Waals surface area contributed by atoms with E-state index >= 15 is 0 Å². The van der Waals surface area contributed by atoms with Crippen molar-refractivity contribution in [2.75, 3.05) is 12.9 Å². The van der Waals surface area contributed by atoms with Crippen LogP contribution < -0.4 is 26.0 Å². The van der Waals surface area contributed by atoms with Crippen LogP contribution in [0.4, 0.5) is 13.2 Å². The molecule has 16 bridgehead atoms. The molecule has 11 heteroatoms. The molecule has 0 radical (unpaired) electrons. The first-order valence-electron chi connectivity index (χ1n) is 33.8. The van der Waals surface area contributed by atoms with E-state index in [0.29, 0.717) is 22.2 Å². The third-order valence-electron chi connectivity index (χ3n) is 23.7. The van der Waals surface area contributed by atoms with E-state index in [0.717, 1.165) is 121 Å². The summed E-state index contributed by atoms with van der Waals surface area (Å²) in [6.07, 6.45) is 36.7. The van der Waals surface area contributed by atoms with Crippen LogP contribution >= 0.6 is 23.5 Å². The molecule has 0 heterocycles. The van der Waals surface area contributed by atoms with Crippen LogP contribution in [-0.2, 0) is 26.2 Å². The second kappa shape index (κ2) is 25.5. The van der Waals surface area contributed by atoms with Gasteiger partial charge in [0.15, 0.2) is 5.78 Å². The first kappa shape index (κ1) is 60.6. The number of halogens is 3. The number of ether oxygens (including phenoxy) is 1. The SMILES string of the molecule is CC(=O)c1ccc(CNC23CC4CC(CC(C4)C2)C3)cc1.CCOc1ccc(CNC23CC4CC(CC(C4)C2)C3)cc1.CSc1ccc(CNC23CC4CC(CC(C4)C2)C3)cc1.FC(F)(F)Sc1ccc(CNC23CC4CC(CC(C4)C2)C3)cc1. The molecule has 0 amide bonds. The maximum absolute atomic E-state index is 12.4. The van der Waals surface area contributed by atoms with E-state index in [2.05, 4.69) is 88.2 Å². The van der Waals surface area contributed by atoms with Gasteiger partial charge in [0, 0.05) is 63.7 Å². The van der Waals surface area contributed by atoms with Crippen LogP contribution in [0.3, 0.4) is 0 Å². The zero-order chi connectivity index (χ0) is 58.4. The highest BCUT2D eigenvalue weighted by Gasteiger charge is 2.54. The Hall–Kier alpha value is -3.32. The van der Waals surface area contributed by atoms with Gasteiger partial charge in [-0.1, -0.05) is 60.7 Å². The fourth-order valence-corrected chi connectivity index (χ4v) is 22.7. The van der Waals surface area contributed by atoms with Crippen molar-refractivity contribution < 1.29 is 22.7 Å². The number of Topliss-reactive ketones (excluding diaryl/α,β-unsaturated/α-hetero) is 1. The molecule has 85 heavy (non-hydrogen) atoms. The van der Waals surface area contributed by atoms with Gasteiger partial charge in [0.1, 0.15) is 5.75 Å². The van der Waals surface area contributed by atoms with Crippen LogP contribution in [0, 0.1) is 71.0 Å². The Morgan fingerprint density at radius 2 is 0.671 bits per heavy atom. The van der Waals surface area contributed by atoms with Gasteiger partial charge in [0.25, 0.3) is 0 Å². The number of carbonyl (C=O) groups excluding carboxylic acids is 1. The van der Waals surface area contributed by atoms with Crippen LogP contribution in [-0.4, -0.2) is 46.3 Å². The average molecular weight is 1200 g/mol. The molecular weight excluding hydrogens is 1100 g/mol. The highest BCUT2D eigenvalue weighted by atomic mass is 32.2. The smallest absolute Gasteiger partial charge is 0.446 e. The number of carbonyl (C=O) groups is 1. The average Bonchev–Trinajstić information content (AvgIpc) is 3.57. The van der Waals surface area contributed by atoms with E-state index in [-0.39, 0.29) is 22.4 Å². The standard InChI is InChI=1S/C19H25NO.C19H27NO.C18H22F3NS.C18H25NS/c1-13(21)18-4-2-14(3-5-18)12-20-19-9-15-6-16(10-19)8-17(7-15)11-19;1-2-21-18-5-3-14(4-6-18)13-20-19-10-15-7-16(11-19)9-17(8-15)12-19;19-18(20,21)23-16-3-1-12(2-4-16)11-22-17-8-13-5-14(9-17)7-15(6-13)10-17;1-20-17-4-2-13(3-5-17)12-19-18-9-14-6-15(10-18)8-16(7-14)11-18/h2-5,15-17,20H,6-12H2,1H3;3-6,15-17,20H,2,7-13H2,1H3;1-4,13-15,22H,5-11H2;2-5,14-16,19H,6-12H2,1H3. The molecule has 6 nitrogen and oxygen atoms in total. The number of alkyl halides is 3. The molecule has 4 aromatic rings. The Labute approximate surface area is 516 Å². The van der Waals surface area contributed by atoms with Crippen LogP contribution in [0.1, 0.15) is 201 Å². The van der Waals surface area contributed by atoms with E-state index in [4.69, 9.17) is 4.74 Å². The molecule has 16 aliphatic carbocycles. The maximum atomic E-state index is 12.4. The molecule has 4 aromatic carbocycles. The quantitative estimate of drug-likeness (QED) is 0.0616. The Bertz CT molecular complexity index is 2730. The molecule has 0 atom stereocenters. The third-order valence-corrected chi connectivity index (χ3v) is 25.2. The molecule has 0 saturated heterocycles. The molecule has 20 rings (SSSR count). The van der Waals surface area contributed by atoms with Gasteiger partial charge >= 0.3 is 5.51 Å². The van der Waals surface area contributed by atoms with Crippen molar-refractivity contribution in [1.82, 2.24) is 21.3 Å². The van der Waals surface area contributed by atoms with Crippen LogP contribution in [0.2, 0.25) is 0 Å². The molecule has 0 aromatic heterocycles. The highest BCUT2D eigenvalue weighted by Crippen LogP contribution is 2.59. The summed E-state index contributed by atoms with van der Waals surface area (Å²) in [6, 6.07) is 32.6. The molecule has 16 saturated carbocycles. The molecule has 460 valence electrons. The minimum Gasteiger partial charge on any atom is -0.494 e. The van der Waals surface area contributed by atoms with Crippen LogP contribution in [0.5, 0.6) is 5.75 Å². The summed E-state index contributed by atoms with van der Waals surface area (Å²) >= 11 is 1.78. The Kier molecular flexibility index (Phi) is 18.2. The third kappa shape index (κ3) is 15.0. The van der Waals surface area contributed by atoms with E-state index in [1.54, 1.807) is 19.1 Å². The number of nitrogens with one attached hydrogen (secondary N) is 4. The lowest BCUT2D eigenvalue weighted by atomic mass is 9.53. The van der Waals surface area contributed by atoms with E-state index < -0.39 is 5.51 Å². The first-order chi connectivity index (χ1) is 41.0. The van der Waals surface area contributed by atoms with Gasteiger partial charge in [-0.15, -0.1) is 11.8 Å². The van der Waals surface area contributed by atoms with Crippen molar-refractivity contribution in [2.45, 2.75) is 232 Å². The summed E-state index contributed by atoms with van der Waals surface area (Å²) < 4.78 is 42.6. The van der Waals surface area contributed by atoms with Gasteiger partial charge in [-0.3, -0.25) is 4.79 Å². The van der Waals surface area contributed by atoms with Crippen LogP contribution in [0.15, 0.2) is 107 Å². The van der Waals surface area contributed by atoms with Gasteiger partial charge in [0.2, 0.25) is 0 Å². The zero-order valence-corrected chi connectivity index (χ0v) is 53.1.